The molecular formula is C13H15BrF2N2O. The number of nitrogens with zero attached hydrogens (tertiary/aromatic N) is 2. The minimum atomic E-state index is -0.698. The molecule has 0 saturated carbocycles. The summed E-state index contributed by atoms with van der Waals surface area (Å²) in [6, 6.07) is 1.94. The van der Waals surface area contributed by atoms with E-state index in [0.717, 1.165) is 31.8 Å². The Morgan fingerprint density at radius 1 is 1.21 bits per heavy atom. The van der Waals surface area contributed by atoms with Crippen LogP contribution in [0, 0.1) is 11.6 Å². The van der Waals surface area contributed by atoms with Gasteiger partial charge in [-0.3, -0.25) is 4.79 Å². The molecule has 0 N–H and O–H groups in total. The van der Waals surface area contributed by atoms with Crippen LogP contribution in [0.5, 0.6) is 0 Å². The topological polar surface area (TPSA) is 23.6 Å². The van der Waals surface area contributed by atoms with Gasteiger partial charge < -0.3 is 9.80 Å². The lowest BCUT2D eigenvalue weighted by Crippen LogP contribution is -2.48. The first kappa shape index (κ1) is 14.4. The van der Waals surface area contributed by atoms with Gasteiger partial charge in [-0.2, -0.15) is 0 Å². The number of rotatable bonds is 2. The van der Waals surface area contributed by atoms with Gasteiger partial charge in [0.25, 0.3) is 5.91 Å². The summed E-state index contributed by atoms with van der Waals surface area (Å²) in [5, 5.41) is 0. The molecule has 0 radical (unpaired) electrons. The largest absolute Gasteiger partial charge is 0.336 e. The SMILES string of the molecule is CCN1CCN(C(=O)c2cc(F)c(Br)cc2F)CC1. The zero-order chi connectivity index (χ0) is 14.0. The number of hydrogen-bond acceptors (Lipinski definition) is 2. The van der Waals surface area contributed by atoms with E-state index in [4.69, 9.17) is 0 Å². The Labute approximate surface area is 119 Å². The van der Waals surface area contributed by atoms with E-state index >= 15 is 0 Å². The van der Waals surface area contributed by atoms with Gasteiger partial charge in [0.15, 0.2) is 0 Å². The van der Waals surface area contributed by atoms with Crippen LogP contribution >= 0.6 is 15.9 Å². The van der Waals surface area contributed by atoms with Crippen LogP contribution in [0.15, 0.2) is 16.6 Å². The van der Waals surface area contributed by atoms with Crippen LogP contribution in [0.25, 0.3) is 0 Å². The number of carbonyl (C=O) groups excluding carboxylic acids is 1. The van der Waals surface area contributed by atoms with Crippen molar-refractivity contribution in [2.24, 2.45) is 0 Å². The van der Waals surface area contributed by atoms with E-state index in [1.54, 1.807) is 4.90 Å². The first-order valence-electron chi connectivity index (χ1n) is 6.19. The van der Waals surface area contributed by atoms with Crippen LogP contribution in [-0.2, 0) is 0 Å². The van der Waals surface area contributed by atoms with Crippen LogP contribution in [0.3, 0.4) is 0 Å². The molecule has 19 heavy (non-hydrogen) atoms. The van der Waals surface area contributed by atoms with E-state index in [9.17, 15) is 13.6 Å². The molecule has 2 rings (SSSR count). The second-order valence-corrected chi connectivity index (χ2v) is 5.33. The van der Waals surface area contributed by atoms with Gasteiger partial charge in [0.05, 0.1) is 10.0 Å². The highest BCUT2D eigenvalue weighted by Crippen LogP contribution is 2.21. The fraction of sp³-hybridized carbons (Fsp3) is 0.462. The van der Waals surface area contributed by atoms with Crippen molar-refractivity contribution in [3.63, 3.8) is 0 Å². The molecule has 1 aromatic rings. The molecule has 0 aromatic heterocycles. The van der Waals surface area contributed by atoms with Gasteiger partial charge in [0.2, 0.25) is 0 Å². The lowest BCUT2D eigenvalue weighted by Gasteiger charge is -2.34. The minimum absolute atomic E-state index is 0.0253. The normalized spacial score (nSPS) is 16.7. The summed E-state index contributed by atoms with van der Waals surface area (Å²) in [6.45, 7) is 5.61. The van der Waals surface area contributed by atoms with Gasteiger partial charge in [0.1, 0.15) is 11.6 Å². The lowest BCUT2D eigenvalue weighted by atomic mass is 10.1. The summed E-state index contributed by atoms with van der Waals surface area (Å²) in [5.41, 5.74) is -0.203. The van der Waals surface area contributed by atoms with Crippen LogP contribution in [0.1, 0.15) is 17.3 Å². The van der Waals surface area contributed by atoms with Crippen molar-refractivity contribution in [1.29, 1.82) is 0 Å². The molecule has 104 valence electrons. The molecule has 1 fully saturated rings. The van der Waals surface area contributed by atoms with E-state index < -0.39 is 17.5 Å². The molecule has 6 heteroatoms. The summed E-state index contributed by atoms with van der Waals surface area (Å²) < 4.78 is 27.2. The third-order valence-corrected chi connectivity index (χ3v) is 3.95. The summed E-state index contributed by atoms with van der Waals surface area (Å²) in [7, 11) is 0. The fourth-order valence-corrected chi connectivity index (χ4v) is 2.44. The monoisotopic (exact) mass is 332 g/mol. The van der Waals surface area contributed by atoms with Crippen molar-refractivity contribution in [2.75, 3.05) is 32.7 Å². The van der Waals surface area contributed by atoms with Gasteiger partial charge in [-0.25, -0.2) is 8.78 Å². The molecule has 1 aliphatic heterocycles. The average molecular weight is 333 g/mol. The molecule has 1 saturated heterocycles. The van der Waals surface area contributed by atoms with Crippen molar-refractivity contribution in [3.05, 3.63) is 33.8 Å². The van der Waals surface area contributed by atoms with Crippen LogP contribution in [0.2, 0.25) is 0 Å². The highest BCUT2D eigenvalue weighted by molar-refractivity contribution is 9.10. The molecule has 1 aromatic carbocycles. The number of amides is 1. The van der Waals surface area contributed by atoms with E-state index in [1.807, 2.05) is 0 Å². The zero-order valence-electron chi connectivity index (χ0n) is 10.6. The number of benzene rings is 1. The number of halogens is 3. The average Bonchev–Trinajstić information content (AvgIpc) is 2.42. The Balaban J connectivity index is 2.14. The highest BCUT2D eigenvalue weighted by Gasteiger charge is 2.24. The van der Waals surface area contributed by atoms with E-state index in [-0.39, 0.29) is 10.0 Å². The van der Waals surface area contributed by atoms with E-state index in [2.05, 4.69) is 27.8 Å². The van der Waals surface area contributed by atoms with Gasteiger partial charge >= 0.3 is 0 Å². The van der Waals surface area contributed by atoms with Crippen molar-refractivity contribution in [3.8, 4) is 0 Å². The predicted octanol–water partition coefficient (Wildman–Crippen LogP) is 2.51. The summed E-state index contributed by atoms with van der Waals surface area (Å²) in [5.74, 6) is -1.77. The molecule has 1 aliphatic rings. The molecule has 3 nitrogen and oxygen atoms in total. The fourth-order valence-electron chi connectivity index (χ4n) is 2.12. The van der Waals surface area contributed by atoms with Crippen molar-refractivity contribution >= 4 is 21.8 Å². The Bertz CT molecular complexity index is 488. The summed E-state index contributed by atoms with van der Waals surface area (Å²) >= 11 is 2.90. The van der Waals surface area contributed by atoms with Crippen molar-refractivity contribution < 1.29 is 13.6 Å². The lowest BCUT2D eigenvalue weighted by molar-refractivity contribution is 0.0638. The standard InChI is InChI=1S/C13H15BrF2N2O/c1-2-17-3-5-18(6-4-17)13(19)9-7-12(16)10(14)8-11(9)15/h7-8H,2-6H2,1H3. The number of piperazine rings is 1. The predicted molar refractivity (Wildman–Crippen MR) is 72.1 cm³/mol. The third-order valence-electron chi connectivity index (χ3n) is 3.35. The van der Waals surface area contributed by atoms with Crippen LogP contribution in [0.4, 0.5) is 8.78 Å². The molecule has 0 bridgehead atoms. The maximum absolute atomic E-state index is 13.7. The quantitative estimate of drug-likeness (QED) is 0.777. The third kappa shape index (κ3) is 3.12. The highest BCUT2D eigenvalue weighted by atomic mass is 79.9. The van der Waals surface area contributed by atoms with Gasteiger partial charge in [0, 0.05) is 26.2 Å². The maximum Gasteiger partial charge on any atom is 0.257 e. The molecule has 0 atom stereocenters. The van der Waals surface area contributed by atoms with Crippen LogP contribution in [-0.4, -0.2) is 48.4 Å². The Hall–Kier alpha value is -1.01. The van der Waals surface area contributed by atoms with Crippen molar-refractivity contribution in [2.45, 2.75) is 6.92 Å². The van der Waals surface area contributed by atoms with E-state index in [1.165, 1.54) is 0 Å². The smallest absolute Gasteiger partial charge is 0.257 e. The number of carbonyl (C=O) groups is 1. The summed E-state index contributed by atoms with van der Waals surface area (Å²) in [6.07, 6.45) is 0. The second kappa shape index (κ2) is 5.96. The summed E-state index contributed by atoms with van der Waals surface area (Å²) in [4.78, 5) is 15.9. The van der Waals surface area contributed by atoms with E-state index in [0.29, 0.717) is 13.1 Å². The first-order chi connectivity index (χ1) is 9.02. The molecule has 0 aliphatic carbocycles. The Morgan fingerprint density at radius 2 is 1.84 bits per heavy atom. The molecule has 0 spiro atoms. The van der Waals surface area contributed by atoms with Crippen molar-refractivity contribution in [1.82, 2.24) is 9.80 Å². The Kier molecular flexibility index (Phi) is 4.52. The first-order valence-corrected chi connectivity index (χ1v) is 6.98. The van der Waals surface area contributed by atoms with Gasteiger partial charge in [-0.15, -0.1) is 0 Å². The van der Waals surface area contributed by atoms with Gasteiger partial charge in [-0.05, 0) is 34.6 Å². The number of hydrogen-bond donors (Lipinski definition) is 0. The maximum atomic E-state index is 13.7. The van der Waals surface area contributed by atoms with Gasteiger partial charge in [-0.1, -0.05) is 6.92 Å². The molecule has 1 amide bonds. The zero-order valence-corrected chi connectivity index (χ0v) is 12.2. The minimum Gasteiger partial charge on any atom is -0.336 e. The molecule has 1 heterocycles. The second-order valence-electron chi connectivity index (χ2n) is 4.47. The van der Waals surface area contributed by atoms with Crippen LogP contribution < -0.4 is 0 Å². The molecule has 0 unspecified atom stereocenters. The Morgan fingerprint density at radius 3 is 2.42 bits per heavy atom. The molecular weight excluding hydrogens is 318 g/mol. The number of likely N-dealkylation sites (N-methyl/N-ethyl adjacent to an activating group) is 1.